The fraction of sp³-hybridized carbons (Fsp3) is 0.200. The van der Waals surface area contributed by atoms with Crippen molar-refractivity contribution >= 4 is 17.2 Å². The first kappa shape index (κ1) is 10.8. The molecule has 0 saturated heterocycles. The van der Waals surface area contributed by atoms with E-state index in [2.05, 4.69) is 5.10 Å². The molecule has 2 rings (SSSR count). The van der Waals surface area contributed by atoms with E-state index in [1.807, 2.05) is 17.5 Å². The van der Waals surface area contributed by atoms with E-state index in [0.717, 1.165) is 10.6 Å². The molecule has 16 heavy (non-hydrogen) atoms. The summed E-state index contributed by atoms with van der Waals surface area (Å²) < 4.78 is 13.7. The summed E-state index contributed by atoms with van der Waals surface area (Å²) in [6, 6.07) is 5.56. The number of halogens is 1. The van der Waals surface area contributed by atoms with Crippen LogP contribution < -0.4 is 5.73 Å². The van der Waals surface area contributed by atoms with E-state index < -0.39 is 6.67 Å². The van der Waals surface area contributed by atoms with Crippen LogP contribution in [-0.2, 0) is 6.54 Å². The summed E-state index contributed by atoms with van der Waals surface area (Å²) in [5.41, 5.74) is 6.60. The molecule has 0 aliphatic heterocycles. The fourth-order valence-electron chi connectivity index (χ4n) is 1.43. The summed E-state index contributed by atoms with van der Waals surface area (Å²) in [5, 5.41) is 13.6. The van der Waals surface area contributed by atoms with Crippen LogP contribution in [-0.4, -0.2) is 22.3 Å². The molecule has 3 N–H and O–H groups in total. The molecule has 4 nitrogen and oxygen atoms in total. The van der Waals surface area contributed by atoms with Crippen LogP contribution in [0.5, 0.6) is 0 Å². The van der Waals surface area contributed by atoms with Crippen LogP contribution in [0.1, 0.15) is 5.69 Å². The van der Waals surface area contributed by atoms with Crippen LogP contribution in [0.4, 0.5) is 4.39 Å². The lowest BCUT2D eigenvalue weighted by Gasteiger charge is -2.01. The van der Waals surface area contributed by atoms with Gasteiger partial charge in [0.2, 0.25) is 0 Å². The van der Waals surface area contributed by atoms with E-state index in [-0.39, 0.29) is 12.4 Å². The molecule has 0 unspecified atom stereocenters. The molecule has 2 aromatic rings. The quantitative estimate of drug-likeness (QED) is 0.630. The molecule has 6 heteroatoms. The minimum atomic E-state index is -0.522. The zero-order valence-corrected chi connectivity index (χ0v) is 9.30. The number of rotatable bonds is 4. The minimum absolute atomic E-state index is 0.0937. The van der Waals surface area contributed by atoms with Crippen LogP contribution in [0.2, 0.25) is 0 Å². The van der Waals surface area contributed by atoms with E-state index in [1.54, 1.807) is 17.4 Å². The monoisotopic (exact) mass is 238 g/mol. The van der Waals surface area contributed by atoms with Crippen LogP contribution in [0, 0.1) is 5.41 Å². The number of nitrogens with two attached hydrogens (primary N) is 1. The molecule has 0 aliphatic carbocycles. The number of alkyl halides is 1. The Bertz CT molecular complexity index is 489. The van der Waals surface area contributed by atoms with Gasteiger partial charge in [-0.1, -0.05) is 6.07 Å². The zero-order chi connectivity index (χ0) is 11.5. The second-order valence-corrected chi connectivity index (χ2v) is 4.17. The predicted octanol–water partition coefficient (Wildman–Crippen LogP) is 1.87. The number of aromatic nitrogens is 2. The Morgan fingerprint density at radius 2 is 2.44 bits per heavy atom. The van der Waals surface area contributed by atoms with Gasteiger partial charge in [0.05, 0.1) is 11.4 Å². The zero-order valence-electron chi connectivity index (χ0n) is 8.48. The molecule has 0 atom stereocenters. The number of amidine groups is 1. The maximum absolute atomic E-state index is 12.3. The number of nitrogens with one attached hydrogen (secondary N) is 1. The van der Waals surface area contributed by atoms with Crippen molar-refractivity contribution in [3.05, 3.63) is 29.3 Å². The molecule has 0 amide bonds. The fourth-order valence-corrected chi connectivity index (χ4v) is 2.11. The molecule has 0 aliphatic rings. The van der Waals surface area contributed by atoms with Gasteiger partial charge in [0.1, 0.15) is 23.9 Å². The Morgan fingerprint density at radius 3 is 3.00 bits per heavy atom. The molecule has 0 fully saturated rings. The first-order chi connectivity index (χ1) is 7.72. The molecule has 0 spiro atoms. The van der Waals surface area contributed by atoms with Crippen LogP contribution in [0.15, 0.2) is 23.6 Å². The van der Waals surface area contributed by atoms with Crippen LogP contribution in [0.3, 0.4) is 0 Å². The molecule has 0 radical (unpaired) electrons. The first-order valence-electron chi connectivity index (χ1n) is 4.74. The van der Waals surface area contributed by atoms with Crippen molar-refractivity contribution in [2.45, 2.75) is 6.54 Å². The van der Waals surface area contributed by atoms with Gasteiger partial charge in [-0.25, -0.2) is 4.39 Å². The van der Waals surface area contributed by atoms with Gasteiger partial charge in [-0.3, -0.25) is 10.1 Å². The first-order valence-corrected chi connectivity index (χ1v) is 5.62. The normalized spacial score (nSPS) is 10.6. The maximum Gasteiger partial charge on any atom is 0.141 e. The van der Waals surface area contributed by atoms with Crippen molar-refractivity contribution in [3.8, 4) is 10.6 Å². The summed E-state index contributed by atoms with van der Waals surface area (Å²) in [7, 11) is 0. The predicted molar refractivity (Wildman–Crippen MR) is 62.5 cm³/mol. The van der Waals surface area contributed by atoms with Gasteiger partial charge in [0, 0.05) is 0 Å². The highest BCUT2D eigenvalue weighted by molar-refractivity contribution is 7.13. The van der Waals surface area contributed by atoms with Crippen molar-refractivity contribution in [2.75, 3.05) is 6.67 Å². The Hall–Kier alpha value is -1.69. The third kappa shape index (κ3) is 1.96. The Balaban J connectivity index is 2.42. The Kier molecular flexibility index (Phi) is 3.00. The number of aryl methyl sites for hydroxylation is 1. The smallest absolute Gasteiger partial charge is 0.141 e. The highest BCUT2D eigenvalue weighted by atomic mass is 32.1. The van der Waals surface area contributed by atoms with Crippen LogP contribution in [0.25, 0.3) is 10.6 Å². The standard InChI is InChI=1S/C10H11FN4S/c11-3-4-15-8(10(12)13)6-7(14-15)9-2-1-5-16-9/h1-2,5-6H,3-4H2,(H3,12,13). The lowest BCUT2D eigenvalue weighted by Crippen LogP contribution is -2.18. The molecule has 2 aromatic heterocycles. The SMILES string of the molecule is N=C(N)c1cc(-c2cccs2)nn1CCF. The average Bonchev–Trinajstić information content (AvgIpc) is 2.83. The number of nitrogen functional groups attached to an aromatic ring is 1. The van der Waals surface area contributed by atoms with Crippen molar-refractivity contribution in [1.82, 2.24) is 9.78 Å². The van der Waals surface area contributed by atoms with Gasteiger partial charge in [0.25, 0.3) is 0 Å². The summed E-state index contributed by atoms with van der Waals surface area (Å²) in [6.07, 6.45) is 0. The summed E-state index contributed by atoms with van der Waals surface area (Å²) in [4.78, 5) is 0.986. The van der Waals surface area contributed by atoms with Crippen molar-refractivity contribution < 1.29 is 4.39 Å². The van der Waals surface area contributed by atoms with Gasteiger partial charge in [-0.15, -0.1) is 11.3 Å². The minimum Gasteiger partial charge on any atom is -0.382 e. The van der Waals surface area contributed by atoms with Crippen LogP contribution >= 0.6 is 11.3 Å². The van der Waals surface area contributed by atoms with Crippen molar-refractivity contribution in [3.63, 3.8) is 0 Å². The number of hydrogen-bond acceptors (Lipinski definition) is 3. The lowest BCUT2D eigenvalue weighted by atomic mass is 10.3. The third-order valence-electron chi connectivity index (χ3n) is 2.13. The van der Waals surface area contributed by atoms with E-state index >= 15 is 0 Å². The molecular weight excluding hydrogens is 227 g/mol. The van der Waals surface area contributed by atoms with E-state index in [9.17, 15) is 4.39 Å². The highest BCUT2D eigenvalue weighted by Gasteiger charge is 2.11. The lowest BCUT2D eigenvalue weighted by molar-refractivity contribution is 0.426. The highest BCUT2D eigenvalue weighted by Crippen LogP contribution is 2.23. The maximum atomic E-state index is 12.3. The Labute approximate surface area is 96.0 Å². The topological polar surface area (TPSA) is 67.7 Å². The van der Waals surface area contributed by atoms with Gasteiger partial charge in [-0.05, 0) is 17.5 Å². The summed E-state index contributed by atoms with van der Waals surface area (Å²) in [5.74, 6) is -0.0937. The average molecular weight is 238 g/mol. The summed E-state index contributed by atoms with van der Waals surface area (Å²) >= 11 is 1.55. The number of thiophene rings is 1. The molecule has 0 bridgehead atoms. The van der Waals surface area contributed by atoms with E-state index in [4.69, 9.17) is 11.1 Å². The molecule has 84 valence electrons. The molecule has 2 heterocycles. The van der Waals surface area contributed by atoms with Crippen molar-refractivity contribution in [2.24, 2.45) is 5.73 Å². The molecule has 0 aromatic carbocycles. The Morgan fingerprint density at radius 1 is 1.62 bits per heavy atom. The van der Waals surface area contributed by atoms with Gasteiger partial charge >= 0.3 is 0 Å². The number of hydrogen-bond donors (Lipinski definition) is 2. The van der Waals surface area contributed by atoms with Gasteiger partial charge in [0.15, 0.2) is 0 Å². The van der Waals surface area contributed by atoms with Gasteiger partial charge < -0.3 is 5.73 Å². The molecule has 0 saturated carbocycles. The molecular formula is C10H11FN4S. The third-order valence-corrected chi connectivity index (χ3v) is 3.02. The number of nitrogens with zero attached hydrogens (tertiary/aromatic N) is 2. The van der Waals surface area contributed by atoms with Crippen molar-refractivity contribution in [1.29, 1.82) is 5.41 Å². The van der Waals surface area contributed by atoms with E-state index in [0.29, 0.717) is 5.69 Å². The summed E-state index contributed by atoms with van der Waals surface area (Å²) in [6.45, 7) is -0.397. The van der Waals surface area contributed by atoms with E-state index in [1.165, 1.54) is 4.68 Å². The van der Waals surface area contributed by atoms with Gasteiger partial charge in [-0.2, -0.15) is 5.10 Å². The largest absolute Gasteiger partial charge is 0.382 e. The second kappa shape index (κ2) is 4.44. The second-order valence-electron chi connectivity index (χ2n) is 3.22.